The Morgan fingerprint density at radius 3 is 2.48 bits per heavy atom. The summed E-state index contributed by atoms with van der Waals surface area (Å²) in [5, 5.41) is 6.11. The molecule has 0 radical (unpaired) electrons. The van der Waals surface area contributed by atoms with Gasteiger partial charge in [-0.25, -0.2) is 9.97 Å². The Morgan fingerprint density at radius 2 is 1.72 bits per heavy atom. The minimum absolute atomic E-state index is 0.101. The zero-order valence-corrected chi connectivity index (χ0v) is 14.2. The molecule has 0 saturated heterocycles. The molecular formula is C20H20N4O. The molecule has 0 spiro atoms. The lowest BCUT2D eigenvalue weighted by Crippen LogP contribution is -2.27. The molecule has 1 amide bonds. The third kappa shape index (κ3) is 4.20. The van der Waals surface area contributed by atoms with Crippen LogP contribution in [0.3, 0.4) is 0 Å². The maximum atomic E-state index is 12.5. The van der Waals surface area contributed by atoms with Crippen LogP contribution in [0.1, 0.15) is 34.6 Å². The molecule has 0 saturated carbocycles. The Bertz CT molecular complexity index is 864. The van der Waals surface area contributed by atoms with Crippen molar-refractivity contribution in [2.75, 3.05) is 5.32 Å². The normalized spacial score (nSPS) is 11.6. The van der Waals surface area contributed by atoms with Gasteiger partial charge >= 0.3 is 0 Å². The fourth-order valence-electron chi connectivity index (χ4n) is 2.47. The second-order valence-corrected chi connectivity index (χ2v) is 5.81. The number of hydrogen-bond donors (Lipinski definition) is 2. The molecule has 1 heterocycles. The molecule has 0 bridgehead atoms. The second-order valence-electron chi connectivity index (χ2n) is 5.81. The van der Waals surface area contributed by atoms with Crippen molar-refractivity contribution in [2.24, 2.45) is 0 Å². The highest BCUT2D eigenvalue weighted by Crippen LogP contribution is 2.17. The minimum atomic E-state index is -0.230. The molecule has 0 aliphatic carbocycles. The number of carbonyl (C=O) groups excluding carboxylic acids is 1. The predicted octanol–water partition coefficient (Wildman–Crippen LogP) is 4.02. The van der Waals surface area contributed by atoms with Crippen LogP contribution in [0, 0.1) is 6.92 Å². The fraction of sp³-hybridized carbons (Fsp3) is 0.150. The van der Waals surface area contributed by atoms with Gasteiger partial charge in [-0.3, -0.25) is 4.79 Å². The Kier molecular flexibility index (Phi) is 5.04. The molecule has 126 valence electrons. The molecule has 1 atom stereocenters. The first-order chi connectivity index (χ1) is 12.1. The number of amides is 1. The van der Waals surface area contributed by atoms with Gasteiger partial charge in [-0.15, -0.1) is 0 Å². The summed E-state index contributed by atoms with van der Waals surface area (Å²) in [7, 11) is 0. The summed E-state index contributed by atoms with van der Waals surface area (Å²) >= 11 is 0. The first kappa shape index (κ1) is 16.6. The van der Waals surface area contributed by atoms with Crippen molar-refractivity contribution in [1.29, 1.82) is 0 Å². The van der Waals surface area contributed by atoms with Crippen molar-refractivity contribution >= 4 is 17.5 Å². The molecule has 0 fully saturated rings. The maximum Gasteiger partial charge on any atom is 0.270 e. The van der Waals surface area contributed by atoms with Crippen LogP contribution < -0.4 is 10.6 Å². The van der Waals surface area contributed by atoms with E-state index in [9.17, 15) is 4.79 Å². The lowest BCUT2D eigenvalue weighted by molar-refractivity contribution is 0.0935. The van der Waals surface area contributed by atoms with E-state index < -0.39 is 0 Å². The smallest absolute Gasteiger partial charge is 0.270 e. The summed E-state index contributed by atoms with van der Waals surface area (Å²) in [5.74, 6) is 0.168. The number of nitrogens with zero attached hydrogens (tertiary/aromatic N) is 2. The number of rotatable bonds is 5. The lowest BCUT2D eigenvalue weighted by Gasteiger charge is -2.14. The van der Waals surface area contributed by atoms with E-state index in [1.807, 2.05) is 68.4 Å². The van der Waals surface area contributed by atoms with Crippen LogP contribution in [0.15, 0.2) is 66.9 Å². The van der Waals surface area contributed by atoms with Crippen molar-refractivity contribution < 1.29 is 4.79 Å². The van der Waals surface area contributed by atoms with Crippen LogP contribution in [-0.4, -0.2) is 15.9 Å². The molecule has 5 heteroatoms. The molecule has 2 aromatic carbocycles. The van der Waals surface area contributed by atoms with Gasteiger partial charge in [-0.2, -0.15) is 0 Å². The van der Waals surface area contributed by atoms with Crippen LogP contribution in [-0.2, 0) is 0 Å². The Morgan fingerprint density at radius 1 is 1.00 bits per heavy atom. The number of hydrogen-bond acceptors (Lipinski definition) is 4. The van der Waals surface area contributed by atoms with Crippen molar-refractivity contribution in [3.63, 3.8) is 0 Å². The summed E-state index contributed by atoms with van der Waals surface area (Å²) in [6.45, 7) is 3.95. The Balaban J connectivity index is 1.72. The van der Waals surface area contributed by atoms with Crippen LogP contribution >= 0.6 is 0 Å². The quantitative estimate of drug-likeness (QED) is 0.740. The van der Waals surface area contributed by atoms with Crippen molar-refractivity contribution in [1.82, 2.24) is 15.3 Å². The first-order valence-electron chi connectivity index (χ1n) is 8.15. The van der Waals surface area contributed by atoms with E-state index >= 15 is 0 Å². The molecule has 0 aliphatic heterocycles. The van der Waals surface area contributed by atoms with Gasteiger partial charge in [0.15, 0.2) is 0 Å². The van der Waals surface area contributed by atoms with Gasteiger partial charge in [0.2, 0.25) is 5.95 Å². The summed E-state index contributed by atoms with van der Waals surface area (Å²) in [6, 6.07) is 19.2. The molecule has 1 unspecified atom stereocenters. The lowest BCUT2D eigenvalue weighted by atomic mass is 10.1. The summed E-state index contributed by atoms with van der Waals surface area (Å²) in [6.07, 6.45) is 1.58. The topological polar surface area (TPSA) is 66.9 Å². The maximum absolute atomic E-state index is 12.5. The van der Waals surface area contributed by atoms with Gasteiger partial charge in [0.05, 0.1) is 6.04 Å². The van der Waals surface area contributed by atoms with E-state index in [0.717, 1.165) is 16.8 Å². The Labute approximate surface area is 147 Å². The SMILES string of the molecule is Cc1ccccc1Nc1nccc(C(=O)NC(C)c2ccccc2)n1. The number of nitrogens with one attached hydrogen (secondary N) is 2. The zero-order chi connectivity index (χ0) is 17.6. The van der Waals surface area contributed by atoms with Crippen molar-refractivity contribution in [3.05, 3.63) is 83.7 Å². The van der Waals surface area contributed by atoms with Gasteiger partial charge in [-0.05, 0) is 37.1 Å². The van der Waals surface area contributed by atoms with Crippen molar-refractivity contribution in [2.45, 2.75) is 19.9 Å². The highest BCUT2D eigenvalue weighted by Gasteiger charge is 2.13. The summed E-state index contributed by atoms with van der Waals surface area (Å²) in [5.41, 5.74) is 3.37. The summed E-state index contributed by atoms with van der Waals surface area (Å²) < 4.78 is 0. The third-order valence-corrected chi connectivity index (χ3v) is 3.93. The van der Waals surface area contributed by atoms with Gasteiger partial charge in [-0.1, -0.05) is 48.5 Å². The molecular weight excluding hydrogens is 312 g/mol. The largest absolute Gasteiger partial charge is 0.344 e. The predicted molar refractivity (Wildman–Crippen MR) is 98.8 cm³/mol. The second kappa shape index (κ2) is 7.57. The number of anilines is 2. The molecule has 3 rings (SSSR count). The van der Waals surface area contributed by atoms with E-state index in [0.29, 0.717) is 11.6 Å². The van der Waals surface area contributed by atoms with Crippen LogP contribution in [0.25, 0.3) is 0 Å². The van der Waals surface area contributed by atoms with Gasteiger partial charge in [0.25, 0.3) is 5.91 Å². The third-order valence-electron chi connectivity index (χ3n) is 3.93. The molecule has 2 N–H and O–H groups in total. The van der Waals surface area contributed by atoms with E-state index in [1.165, 1.54) is 0 Å². The molecule has 3 aromatic rings. The number of aryl methyl sites for hydroxylation is 1. The zero-order valence-electron chi connectivity index (χ0n) is 14.2. The number of benzene rings is 2. The van der Waals surface area contributed by atoms with Crippen LogP contribution in [0.4, 0.5) is 11.6 Å². The Hall–Kier alpha value is -3.21. The van der Waals surface area contributed by atoms with Gasteiger partial charge in [0, 0.05) is 11.9 Å². The fourth-order valence-corrected chi connectivity index (χ4v) is 2.47. The molecule has 25 heavy (non-hydrogen) atoms. The van der Waals surface area contributed by atoms with E-state index in [4.69, 9.17) is 0 Å². The monoisotopic (exact) mass is 332 g/mol. The highest BCUT2D eigenvalue weighted by atomic mass is 16.1. The minimum Gasteiger partial charge on any atom is -0.344 e. The number of para-hydroxylation sites is 1. The molecule has 1 aromatic heterocycles. The van der Waals surface area contributed by atoms with Gasteiger partial charge in [0.1, 0.15) is 5.69 Å². The number of aromatic nitrogens is 2. The standard InChI is InChI=1S/C20H20N4O/c1-14-8-6-7-11-17(14)23-20-21-13-12-18(24-20)19(25)22-15(2)16-9-4-3-5-10-16/h3-13,15H,1-2H3,(H,22,25)(H,21,23,24). The summed E-state index contributed by atoms with van der Waals surface area (Å²) in [4.78, 5) is 21.0. The average molecular weight is 332 g/mol. The number of carbonyl (C=O) groups is 1. The van der Waals surface area contributed by atoms with Crippen LogP contribution in [0.5, 0.6) is 0 Å². The van der Waals surface area contributed by atoms with E-state index in [2.05, 4.69) is 20.6 Å². The van der Waals surface area contributed by atoms with Crippen LogP contribution in [0.2, 0.25) is 0 Å². The molecule has 0 aliphatic rings. The first-order valence-corrected chi connectivity index (χ1v) is 8.15. The van der Waals surface area contributed by atoms with Crippen molar-refractivity contribution in [3.8, 4) is 0 Å². The van der Waals surface area contributed by atoms with E-state index in [1.54, 1.807) is 12.3 Å². The highest BCUT2D eigenvalue weighted by molar-refractivity contribution is 5.92. The van der Waals surface area contributed by atoms with E-state index in [-0.39, 0.29) is 11.9 Å². The molecule has 5 nitrogen and oxygen atoms in total. The average Bonchev–Trinajstić information content (AvgIpc) is 2.64. The van der Waals surface area contributed by atoms with Gasteiger partial charge < -0.3 is 10.6 Å².